The number of ketones is 1. The molecule has 1 N–H and O–H groups in total. The number of carbonyl (C=O) groups is 2. The first-order chi connectivity index (χ1) is 26.7. The second-order valence-electron chi connectivity index (χ2n) is 14.4. The molecule has 2 heterocycles. The lowest BCUT2D eigenvalue weighted by molar-refractivity contribution is 0.0500. The third-order valence-corrected chi connectivity index (χ3v) is 10.3. The van der Waals surface area contributed by atoms with E-state index in [1.54, 1.807) is 52.1 Å². The molecule has 0 aliphatic heterocycles. The van der Waals surface area contributed by atoms with Crippen LogP contribution in [0.1, 0.15) is 61.0 Å². The van der Waals surface area contributed by atoms with Crippen LogP contribution in [0.2, 0.25) is 5.02 Å². The van der Waals surface area contributed by atoms with Crippen molar-refractivity contribution in [3.63, 3.8) is 0 Å². The highest BCUT2D eigenvalue weighted by Gasteiger charge is 2.31. The minimum absolute atomic E-state index is 0.0363. The van der Waals surface area contributed by atoms with Gasteiger partial charge in [-0.25, -0.2) is 31.3 Å². The Morgan fingerprint density at radius 1 is 0.982 bits per heavy atom. The molecule has 0 unspecified atom stereocenters. The van der Waals surface area contributed by atoms with Crippen LogP contribution in [0.4, 0.5) is 19.4 Å². The lowest BCUT2D eigenvalue weighted by Gasteiger charge is -2.26. The van der Waals surface area contributed by atoms with Crippen molar-refractivity contribution in [3.8, 4) is 11.4 Å². The number of hydrogen-bond donors (Lipinski definition) is 1. The van der Waals surface area contributed by atoms with Gasteiger partial charge < -0.3 is 14.8 Å². The van der Waals surface area contributed by atoms with Gasteiger partial charge in [-0.1, -0.05) is 29.8 Å². The molecule has 6 aromatic rings. The Labute approximate surface area is 331 Å². The number of nitrogens with zero attached hydrogens (tertiary/aromatic N) is 5. The fourth-order valence-electron chi connectivity index (χ4n) is 6.45. The molecule has 0 spiro atoms. The number of aromatic nitrogens is 4. The molecular weight excluding hydrogens is 782 g/mol. The third kappa shape index (κ3) is 8.76. The van der Waals surface area contributed by atoms with E-state index in [2.05, 4.69) is 10.4 Å². The molecule has 0 aliphatic rings. The number of halogens is 3. The molecule has 1 atom stereocenters. The van der Waals surface area contributed by atoms with Crippen molar-refractivity contribution in [2.75, 3.05) is 17.7 Å². The number of fused-ring (bicyclic) bond motifs is 2. The number of carbonyl (C=O) groups excluding carboxylic acids is 2. The molecule has 0 radical (unpaired) electrons. The zero-order valence-electron chi connectivity index (χ0n) is 32.1. The molecule has 2 aromatic heterocycles. The third-order valence-electron chi connectivity index (χ3n) is 8.93. The van der Waals surface area contributed by atoms with Crippen molar-refractivity contribution >= 4 is 61.1 Å². The van der Waals surface area contributed by atoms with Crippen LogP contribution in [-0.4, -0.2) is 58.6 Å². The molecule has 13 nitrogen and oxygen atoms in total. The van der Waals surface area contributed by atoms with Crippen LogP contribution in [0.5, 0.6) is 5.75 Å². The molecule has 0 saturated heterocycles. The van der Waals surface area contributed by atoms with E-state index < -0.39 is 45.0 Å². The Kier molecular flexibility index (Phi) is 11.1. The van der Waals surface area contributed by atoms with Crippen LogP contribution in [-0.2, 0) is 34.8 Å². The van der Waals surface area contributed by atoms with Gasteiger partial charge in [0, 0.05) is 25.1 Å². The van der Waals surface area contributed by atoms with Gasteiger partial charge in [0.05, 0.1) is 58.5 Å². The summed E-state index contributed by atoms with van der Waals surface area (Å²) < 4.78 is 70.4. The number of methoxy groups -OCH3 is 1. The summed E-state index contributed by atoms with van der Waals surface area (Å²) in [6.45, 7) is 6.16. The number of benzene rings is 4. The van der Waals surface area contributed by atoms with Gasteiger partial charge in [-0.3, -0.25) is 18.8 Å². The number of ether oxygens (including phenoxy) is 2. The number of sulfonamides is 1. The molecule has 298 valence electrons. The zero-order chi connectivity index (χ0) is 41.6. The molecule has 57 heavy (non-hydrogen) atoms. The average molecular weight is 821 g/mol. The number of amides is 1. The van der Waals surface area contributed by atoms with Crippen molar-refractivity contribution in [3.05, 3.63) is 122 Å². The van der Waals surface area contributed by atoms with Gasteiger partial charge in [-0.2, -0.15) is 5.10 Å². The summed E-state index contributed by atoms with van der Waals surface area (Å²) in [5.41, 5.74) is -0.215. The molecule has 0 saturated carbocycles. The highest BCUT2D eigenvalue weighted by Crippen LogP contribution is 2.38. The Morgan fingerprint density at radius 3 is 2.25 bits per heavy atom. The van der Waals surface area contributed by atoms with Crippen LogP contribution in [0, 0.1) is 11.6 Å². The summed E-state index contributed by atoms with van der Waals surface area (Å²) >= 11 is 6.85. The van der Waals surface area contributed by atoms with Crippen molar-refractivity contribution in [1.29, 1.82) is 0 Å². The summed E-state index contributed by atoms with van der Waals surface area (Å²) in [7, 11) is -0.949. The van der Waals surface area contributed by atoms with Gasteiger partial charge >= 0.3 is 6.09 Å². The van der Waals surface area contributed by atoms with E-state index in [-0.39, 0.29) is 74.0 Å². The van der Waals surface area contributed by atoms with E-state index in [9.17, 15) is 31.6 Å². The van der Waals surface area contributed by atoms with Crippen LogP contribution in [0.3, 0.4) is 0 Å². The second kappa shape index (κ2) is 15.6. The highest BCUT2D eigenvalue weighted by atomic mass is 35.5. The largest absolute Gasteiger partial charge is 0.497 e. The van der Waals surface area contributed by atoms with Gasteiger partial charge in [-0.05, 0) is 87.4 Å². The van der Waals surface area contributed by atoms with Crippen molar-refractivity contribution < 1.29 is 36.3 Å². The van der Waals surface area contributed by atoms with Crippen LogP contribution >= 0.6 is 11.6 Å². The standard InChI is InChI=1S/C40H39ClF2N6O7S/c1-22(50)25-10-13-29-31(19-25)44-36(32(45-39(52)56-40(2,3)4)18-24-16-26(42)20-27(43)17-24)49(38(29)51)33-15-14-30(41)34-35(33)47(5)46-37(34)48(57(7,53)54)21-23-8-11-28(55-6)12-9-23/h8-17,19-20,32H,18,21H2,1-7H3,(H,45,52)/t32-/m0/s1. The Bertz CT molecular complexity index is 2710. The average Bonchev–Trinajstić information content (AvgIpc) is 3.46. The van der Waals surface area contributed by atoms with Crippen molar-refractivity contribution in [2.45, 2.75) is 52.3 Å². The lowest BCUT2D eigenvalue weighted by atomic mass is 10.0. The number of Topliss-reactive ketones (excluding diaryl/α,β-unsaturated/α-hetero) is 1. The van der Waals surface area contributed by atoms with Crippen LogP contribution < -0.4 is 19.9 Å². The number of rotatable bonds is 11. The van der Waals surface area contributed by atoms with E-state index in [1.807, 2.05) is 0 Å². The predicted octanol–water partition coefficient (Wildman–Crippen LogP) is 7.19. The van der Waals surface area contributed by atoms with Gasteiger partial charge in [0.15, 0.2) is 11.6 Å². The summed E-state index contributed by atoms with van der Waals surface area (Å²) in [4.78, 5) is 45.5. The number of nitrogens with one attached hydrogen (secondary N) is 1. The van der Waals surface area contributed by atoms with Crippen LogP contribution in [0.15, 0.2) is 77.6 Å². The maximum absolute atomic E-state index is 14.8. The minimum Gasteiger partial charge on any atom is -0.497 e. The molecule has 0 aliphatic carbocycles. The van der Waals surface area contributed by atoms with Gasteiger partial charge in [-0.15, -0.1) is 0 Å². The van der Waals surface area contributed by atoms with E-state index in [1.165, 1.54) is 53.6 Å². The molecule has 17 heteroatoms. The van der Waals surface area contributed by atoms with E-state index >= 15 is 0 Å². The van der Waals surface area contributed by atoms with Crippen LogP contribution in [0.25, 0.3) is 27.5 Å². The quantitative estimate of drug-likeness (QED) is 0.134. The second-order valence-corrected chi connectivity index (χ2v) is 16.7. The van der Waals surface area contributed by atoms with Crippen molar-refractivity contribution in [2.24, 2.45) is 7.05 Å². The summed E-state index contributed by atoms with van der Waals surface area (Å²) in [6, 6.07) is 15.7. The molecule has 0 bridgehead atoms. The molecule has 6 rings (SSSR count). The first-order valence-electron chi connectivity index (χ1n) is 17.5. The molecule has 1 amide bonds. The summed E-state index contributed by atoms with van der Waals surface area (Å²) in [5.74, 6) is -1.62. The SMILES string of the molecule is COc1ccc(CN(c2nn(C)c3c(-n4c([C@H](Cc5cc(F)cc(F)c5)NC(=O)OC(C)(C)C)nc5cc(C(C)=O)ccc5c4=O)ccc(Cl)c23)S(C)(=O)=O)cc1. The van der Waals surface area contributed by atoms with Crippen molar-refractivity contribution in [1.82, 2.24) is 24.6 Å². The fourth-order valence-corrected chi connectivity index (χ4v) is 7.51. The smallest absolute Gasteiger partial charge is 0.408 e. The molecule has 0 fully saturated rings. The maximum Gasteiger partial charge on any atom is 0.408 e. The number of alkyl carbamates (subject to hydrolysis) is 1. The Balaban J connectivity index is 1.65. The number of aryl methyl sites for hydroxylation is 1. The zero-order valence-corrected chi connectivity index (χ0v) is 33.6. The van der Waals surface area contributed by atoms with E-state index in [0.717, 1.165) is 22.7 Å². The first-order valence-corrected chi connectivity index (χ1v) is 19.7. The van der Waals surface area contributed by atoms with Gasteiger partial charge in [0.1, 0.15) is 28.8 Å². The minimum atomic E-state index is -4.01. The summed E-state index contributed by atoms with van der Waals surface area (Å²) in [5, 5.41) is 7.70. The normalized spacial score (nSPS) is 12.5. The number of hydrogen-bond acceptors (Lipinski definition) is 9. The molecule has 4 aromatic carbocycles. The van der Waals surface area contributed by atoms with E-state index in [4.69, 9.17) is 26.1 Å². The number of anilines is 1. The topological polar surface area (TPSA) is 155 Å². The highest BCUT2D eigenvalue weighted by molar-refractivity contribution is 7.92. The predicted molar refractivity (Wildman–Crippen MR) is 213 cm³/mol. The first kappa shape index (κ1) is 40.8. The Hall–Kier alpha value is -5.87. The maximum atomic E-state index is 14.8. The fraction of sp³-hybridized carbons (Fsp3) is 0.275. The molecular formula is C40H39ClF2N6O7S. The van der Waals surface area contributed by atoms with Gasteiger partial charge in [0.2, 0.25) is 10.0 Å². The summed E-state index contributed by atoms with van der Waals surface area (Å²) in [6.07, 6.45) is -0.175. The van der Waals surface area contributed by atoms with E-state index in [0.29, 0.717) is 17.4 Å². The lowest BCUT2D eigenvalue weighted by Crippen LogP contribution is -2.39. The van der Waals surface area contributed by atoms with Gasteiger partial charge in [0.25, 0.3) is 5.56 Å². The monoisotopic (exact) mass is 820 g/mol. The Morgan fingerprint density at radius 2 is 1.65 bits per heavy atom.